The van der Waals surface area contributed by atoms with E-state index in [4.69, 9.17) is 9.47 Å². The van der Waals surface area contributed by atoms with Gasteiger partial charge in [0.25, 0.3) is 0 Å². The zero-order chi connectivity index (χ0) is 18.5. The summed E-state index contributed by atoms with van der Waals surface area (Å²) in [6.07, 6.45) is 1.41. The number of phenolic OH excluding ortho intramolecular Hbond substituents is 1. The summed E-state index contributed by atoms with van der Waals surface area (Å²) in [7, 11) is 2.95. The van der Waals surface area contributed by atoms with Crippen LogP contribution in [-0.4, -0.2) is 24.3 Å². The highest BCUT2D eigenvalue weighted by Crippen LogP contribution is 2.40. The molecule has 0 unspecified atom stereocenters. The first kappa shape index (κ1) is 17.5. The van der Waals surface area contributed by atoms with Crippen LogP contribution in [0.15, 0.2) is 53.9 Å². The van der Waals surface area contributed by atoms with Crippen LogP contribution in [0.4, 0.5) is 0 Å². The quantitative estimate of drug-likeness (QED) is 0.675. The van der Waals surface area contributed by atoms with Crippen molar-refractivity contribution in [2.45, 2.75) is 0 Å². The molecule has 0 aliphatic carbocycles. The summed E-state index contributed by atoms with van der Waals surface area (Å²) in [5.74, 6) is 0.560. The average Bonchev–Trinajstić information content (AvgIpc) is 3.16. The Labute approximate surface area is 155 Å². The van der Waals surface area contributed by atoms with Crippen molar-refractivity contribution in [3.8, 4) is 33.9 Å². The standard InChI is InChI=1S/C20H16N2O3S/c1-24-18-11-14(10-17(23)19(18)25-2)15(8-9-21)16-12-26-20(22-16)13-6-4-3-5-7-13/h3-8,10-12,23H,1-2H3/b15-8+. The highest BCUT2D eigenvalue weighted by molar-refractivity contribution is 7.13. The van der Waals surface area contributed by atoms with E-state index in [1.54, 1.807) is 6.07 Å². The van der Waals surface area contributed by atoms with Crippen molar-refractivity contribution >= 4 is 16.9 Å². The zero-order valence-corrected chi connectivity index (χ0v) is 15.1. The Morgan fingerprint density at radius 3 is 2.62 bits per heavy atom. The number of hydrogen-bond donors (Lipinski definition) is 1. The Morgan fingerprint density at radius 1 is 1.19 bits per heavy atom. The second-order valence-corrected chi connectivity index (χ2v) is 6.18. The molecule has 1 aromatic heterocycles. The lowest BCUT2D eigenvalue weighted by atomic mass is 10.0. The molecule has 1 heterocycles. The lowest BCUT2D eigenvalue weighted by Crippen LogP contribution is -1.95. The molecule has 0 fully saturated rings. The number of benzene rings is 2. The first-order chi connectivity index (χ1) is 12.7. The first-order valence-electron chi connectivity index (χ1n) is 7.74. The third-order valence-electron chi connectivity index (χ3n) is 3.78. The summed E-state index contributed by atoms with van der Waals surface area (Å²) in [6.45, 7) is 0. The maximum atomic E-state index is 10.2. The number of ether oxygens (including phenoxy) is 2. The molecule has 0 saturated heterocycles. The summed E-state index contributed by atoms with van der Waals surface area (Å²) >= 11 is 1.49. The summed E-state index contributed by atoms with van der Waals surface area (Å²) < 4.78 is 10.4. The minimum Gasteiger partial charge on any atom is -0.504 e. The molecule has 0 spiro atoms. The van der Waals surface area contributed by atoms with Crippen LogP contribution < -0.4 is 9.47 Å². The van der Waals surface area contributed by atoms with Gasteiger partial charge in [-0.25, -0.2) is 4.98 Å². The third-order valence-corrected chi connectivity index (χ3v) is 4.67. The Morgan fingerprint density at radius 2 is 1.96 bits per heavy atom. The van der Waals surface area contributed by atoms with Crippen LogP contribution >= 0.6 is 11.3 Å². The van der Waals surface area contributed by atoms with Crippen molar-refractivity contribution in [3.63, 3.8) is 0 Å². The molecule has 6 heteroatoms. The van der Waals surface area contributed by atoms with Gasteiger partial charge in [0, 0.05) is 22.6 Å². The highest BCUT2D eigenvalue weighted by Gasteiger charge is 2.17. The number of aromatic nitrogens is 1. The molecule has 1 N–H and O–H groups in total. The first-order valence-corrected chi connectivity index (χ1v) is 8.62. The molecular formula is C20H16N2O3S. The minimum absolute atomic E-state index is 0.0656. The Hall–Kier alpha value is -3.30. The van der Waals surface area contributed by atoms with Crippen molar-refractivity contribution in [1.29, 1.82) is 5.26 Å². The van der Waals surface area contributed by atoms with Crippen molar-refractivity contribution in [2.75, 3.05) is 14.2 Å². The number of methoxy groups -OCH3 is 2. The summed E-state index contributed by atoms with van der Waals surface area (Å²) in [5.41, 5.74) is 2.88. The fraction of sp³-hybridized carbons (Fsp3) is 0.100. The van der Waals surface area contributed by atoms with Crippen LogP contribution in [-0.2, 0) is 0 Å². The zero-order valence-electron chi connectivity index (χ0n) is 14.3. The smallest absolute Gasteiger partial charge is 0.203 e. The average molecular weight is 364 g/mol. The van der Waals surface area contributed by atoms with E-state index in [2.05, 4.69) is 4.98 Å². The maximum Gasteiger partial charge on any atom is 0.203 e. The molecule has 0 atom stereocenters. The number of phenols is 1. The number of hydrogen-bond acceptors (Lipinski definition) is 6. The molecule has 0 bridgehead atoms. The monoisotopic (exact) mass is 364 g/mol. The highest BCUT2D eigenvalue weighted by atomic mass is 32.1. The summed E-state index contributed by atoms with van der Waals surface area (Å²) in [4.78, 5) is 4.65. The molecule has 5 nitrogen and oxygen atoms in total. The molecule has 3 rings (SSSR count). The molecule has 0 radical (unpaired) electrons. The second-order valence-electron chi connectivity index (χ2n) is 5.32. The molecule has 3 aromatic rings. The Kier molecular flexibility index (Phi) is 5.20. The van der Waals surface area contributed by atoms with Crippen molar-refractivity contribution < 1.29 is 14.6 Å². The fourth-order valence-electron chi connectivity index (χ4n) is 2.58. The van der Waals surface area contributed by atoms with Gasteiger partial charge >= 0.3 is 0 Å². The maximum absolute atomic E-state index is 10.2. The van der Waals surface area contributed by atoms with Gasteiger partial charge in [0.2, 0.25) is 5.75 Å². The minimum atomic E-state index is -0.0656. The molecule has 0 saturated carbocycles. The number of aromatic hydroxyl groups is 1. The lowest BCUT2D eigenvalue weighted by Gasteiger charge is -2.12. The van der Waals surface area contributed by atoms with Gasteiger partial charge in [-0.1, -0.05) is 30.3 Å². The van der Waals surface area contributed by atoms with Crippen LogP contribution in [0.2, 0.25) is 0 Å². The fourth-order valence-corrected chi connectivity index (χ4v) is 3.41. The van der Waals surface area contributed by atoms with Crippen molar-refractivity contribution in [2.24, 2.45) is 0 Å². The van der Waals surface area contributed by atoms with Crippen molar-refractivity contribution in [1.82, 2.24) is 4.98 Å². The van der Waals surface area contributed by atoms with Crippen LogP contribution in [0.3, 0.4) is 0 Å². The molecule has 0 amide bonds. The van der Waals surface area contributed by atoms with E-state index in [-0.39, 0.29) is 11.5 Å². The van der Waals surface area contributed by atoms with E-state index < -0.39 is 0 Å². The van der Waals surface area contributed by atoms with E-state index >= 15 is 0 Å². The largest absolute Gasteiger partial charge is 0.504 e. The van der Waals surface area contributed by atoms with Gasteiger partial charge in [-0.05, 0) is 17.7 Å². The van der Waals surface area contributed by atoms with E-state index in [0.29, 0.717) is 22.6 Å². The van der Waals surface area contributed by atoms with Gasteiger partial charge in [0.15, 0.2) is 11.5 Å². The van der Waals surface area contributed by atoms with Gasteiger partial charge in [-0.2, -0.15) is 5.26 Å². The van der Waals surface area contributed by atoms with Gasteiger partial charge in [0.1, 0.15) is 5.01 Å². The van der Waals surface area contributed by atoms with Crippen LogP contribution in [0.5, 0.6) is 17.2 Å². The number of nitriles is 1. The van der Waals surface area contributed by atoms with Crippen LogP contribution in [0.1, 0.15) is 11.3 Å². The SMILES string of the molecule is COc1cc(/C(=C\C#N)c2csc(-c3ccccc3)n2)cc(O)c1OC. The lowest BCUT2D eigenvalue weighted by molar-refractivity contribution is 0.333. The molecule has 130 valence electrons. The number of allylic oxidation sites excluding steroid dienone is 1. The van der Waals surface area contributed by atoms with Gasteiger partial charge < -0.3 is 14.6 Å². The summed E-state index contributed by atoms with van der Waals surface area (Å²) in [6, 6.07) is 15.1. The molecule has 0 aliphatic heterocycles. The van der Waals surface area contributed by atoms with Crippen molar-refractivity contribution in [3.05, 3.63) is 65.2 Å². The normalized spacial score (nSPS) is 11.0. The van der Waals surface area contributed by atoms with E-state index in [1.807, 2.05) is 41.8 Å². The Balaban J connectivity index is 2.07. The Bertz CT molecular complexity index is 988. The molecule has 26 heavy (non-hydrogen) atoms. The van der Waals surface area contributed by atoms with Gasteiger partial charge in [0.05, 0.1) is 26.0 Å². The molecule has 0 aliphatic rings. The van der Waals surface area contributed by atoms with E-state index in [0.717, 1.165) is 10.6 Å². The predicted octanol–water partition coefficient (Wildman–Crippen LogP) is 4.49. The van der Waals surface area contributed by atoms with E-state index in [9.17, 15) is 10.4 Å². The molecule has 2 aromatic carbocycles. The van der Waals surface area contributed by atoms with Crippen LogP contribution in [0, 0.1) is 11.3 Å². The van der Waals surface area contributed by atoms with Gasteiger partial charge in [-0.3, -0.25) is 0 Å². The predicted molar refractivity (Wildman–Crippen MR) is 101 cm³/mol. The third kappa shape index (κ3) is 3.39. The van der Waals surface area contributed by atoms with E-state index in [1.165, 1.54) is 37.7 Å². The summed E-state index contributed by atoms with van der Waals surface area (Å²) in [5, 5.41) is 22.2. The molecular weight excluding hydrogens is 348 g/mol. The second kappa shape index (κ2) is 7.72. The topological polar surface area (TPSA) is 75.4 Å². The number of thiazole rings is 1. The van der Waals surface area contributed by atoms with Gasteiger partial charge in [-0.15, -0.1) is 11.3 Å². The number of nitrogens with zero attached hydrogens (tertiary/aromatic N) is 2. The number of rotatable bonds is 5. The van der Waals surface area contributed by atoms with Crippen LogP contribution in [0.25, 0.3) is 16.1 Å².